The van der Waals surface area contributed by atoms with Crippen LogP contribution in [0, 0.1) is 5.92 Å². The van der Waals surface area contributed by atoms with E-state index >= 15 is 0 Å². The van der Waals surface area contributed by atoms with Crippen molar-refractivity contribution in [1.29, 1.82) is 0 Å². The molecule has 2 aromatic rings. The molecule has 0 N–H and O–H groups in total. The topological polar surface area (TPSA) is 57.0 Å². The second kappa shape index (κ2) is 8.10. The highest BCUT2D eigenvalue weighted by Crippen LogP contribution is 2.36. The van der Waals surface area contributed by atoms with Crippen LogP contribution in [0.1, 0.15) is 55.2 Å². The highest BCUT2D eigenvalue weighted by atomic mass is 19.4. The first kappa shape index (κ1) is 19.4. The molecule has 0 bridgehead atoms. The molecule has 1 aliphatic rings. The van der Waals surface area contributed by atoms with E-state index in [1.807, 2.05) is 11.6 Å². The van der Waals surface area contributed by atoms with Gasteiger partial charge in [0, 0.05) is 19.4 Å². The standard InChI is InChI=1S/C19H22F3N3O2/c1-25-17(12-27-16-4-2-3-15(11-16)19(20,21)22)23-24-18(25)14-7-5-13(6-8-14)9-10-26/h2-4,10-11,13-14H,5-9,12H2,1H3. The SMILES string of the molecule is Cn1c(COc2cccc(C(F)(F)F)c2)nnc1C1CCC(CC=O)CC1. The lowest BCUT2D eigenvalue weighted by Gasteiger charge is -2.26. The number of carbonyl (C=O) groups excluding carboxylic acids is 1. The van der Waals surface area contributed by atoms with Gasteiger partial charge in [-0.3, -0.25) is 0 Å². The lowest BCUT2D eigenvalue weighted by atomic mass is 9.80. The van der Waals surface area contributed by atoms with Crippen molar-refractivity contribution in [2.24, 2.45) is 13.0 Å². The van der Waals surface area contributed by atoms with Crippen molar-refractivity contribution in [2.75, 3.05) is 0 Å². The van der Waals surface area contributed by atoms with Crippen molar-refractivity contribution in [1.82, 2.24) is 14.8 Å². The van der Waals surface area contributed by atoms with Gasteiger partial charge in [-0.1, -0.05) is 6.07 Å². The van der Waals surface area contributed by atoms with Gasteiger partial charge in [0.15, 0.2) is 5.82 Å². The van der Waals surface area contributed by atoms with E-state index in [0.717, 1.165) is 49.9 Å². The zero-order chi connectivity index (χ0) is 19.4. The summed E-state index contributed by atoms with van der Waals surface area (Å²) in [6, 6.07) is 4.79. The van der Waals surface area contributed by atoms with E-state index < -0.39 is 11.7 Å². The third-order valence-electron chi connectivity index (χ3n) is 5.17. The quantitative estimate of drug-likeness (QED) is 0.701. The highest BCUT2D eigenvalue weighted by Gasteiger charge is 2.30. The van der Waals surface area contributed by atoms with Crippen LogP contribution in [0.3, 0.4) is 0 Å². The van der Waals surface area contributed by atoms with Crippen LogP contribution < -0.4 is 4.74 Å². The molecule has 0 atom stereocenters. The molecule has 0 aliphatic heterocycles. The molecule has 8 heteroatoms. The molecule has 3 rings (SSSR count). The molecule has 0 spiro atoms. The van der Waals surface area contributed by atoms with E-state index in [2.05, 4.69) is 10.2 Å². The summed E-state index contributed by atoms with van der Waals surface area (Å²) < 4.78 is 45.7. The highest BCUT2D eigenvalue weighted by molar-refractivity contribution is 5.49. The third kappa shape index (κ3) is 4.67. The van der Waals surface area contributed by atoms with E-state index in [-0.39, 0.29) is 18.3 Å². The Morgan fingerprint density at radius 1 is 1.22 bits per heavy atom. The first-order valence-electron chi connectivity index (χ1n) is 9.00. The molecule has 0 radical (unpaired) electrons. The van der Waals surface area contributed by atoms with Crippen molar-refractivity contribution in [3.8, 4) is 5.75 Å². The Bertz CT molecular complexity index is 781. The van der Waals surface area contributed by atoms with Gasteiger partial charge in [-0.05, 0) is 49.8 Å². The van der Waals surface area contributed by atoms with Gasteiger partial charge in [-0.25, -0.2) is 0 Å². The van der Waals surface area contributed by atoms with Crippen LogP contribution in [0.5, 0.6) is 5.75 Å². The predicted molar refractivity (Wildman–Crippen MR) is 92.2 cm³/mol. The molecule has 1 fully saturated rings. The van der Waals surface area contributed by atoms with Gasteiger partial charge >= 0.3 is 6.18 Å². The number of aromatic nitrogens is 3. The number of halogens is 3. The Balaban J connectivity index is 1.62. The molecule has 146 valence electrons. The summed E-state index contributed by atoms with van der Waals surface area (Å²) in [6.07, 6.45) is 1.09. The smallest absolute Gasteiger partial charge is 0.416 e. The number of alkyl halides is 3. The molecule has 1 aromatic carbocycles. The third-order valence-corrected chi connectivity index (χ3v) is 5.17. The summed E-state index contributed by atoms with van der Waals surface area (Å²) in [6.45, 7) is 0.0469. The Labute approximate surface area is 155 Å². The summed E-state index contributed by atoms with van der Waals surface area (Å²) in [5.41, 5.74) is -0.745. The fourth-order valence-electron chi connectivity index (χ4n) is 3.56. The van der Waals surface area contributed by atoms with Gasteiger partial charge in [0.2, 0.25) is 0 Å². The molecule has 1 aromatic heterocycles. The second-order valence-corrected chi connectivity index (χ2v) is 6.97. The maximum absolute atomic E-state index is 12.8. The van der Waals surface area contributed by atoms with Gasteiger partial charge in [-0.15, -0.1) is 10.2 Å². The fraction of sp³-hybridized carbons (Fsp3) is 0.526. The van der Waals surface area contributed by atoms with Gasteiger partial charge in [-0.2, -0.15) is 13.2 Å². The predicted octanol–water partition coefficient (Wildman–Crippen LogP) is 4.28. The largest absolute Gasteiger partial charge is 0.486 e. The van der Waals surface area contributed by atoms with E-state index in [1.165, 1.54) is 12.1 Å². The monoisotopic (exact) mass is 381 g/mol. The van der Waals surface area contributed by atoms with Crippen LogP contribution in [-0.4, -0.2) is 21.1 Å². The van der Waals surface area contributed by atoms with Gasteiger partial charge < -0.3 is 14.1 Å². The van der Waals surface area contributed by atoms with Crippen molar-refractivity contribution in [2.45, 2.75) is 50.8 Å². The Morgan fingerprint density at radius 2 is 1.96 bits per heavy atom. The van der Waals surface area contributed by atoms with Crippen LogP contribution >= 0.6 is 0 Å². The normalized spacial score (nSPS) is 20.4. The maximum Gasteiger partial charge on any atom is 0.416 e. The molecule has 1 heterocycles. The molecule has 0 amide bonds. The molecular formula is C19H22F3N3O2. The van der Waals surface area contributed by atoms with Gasteiger partial charge in [0.1, 0.15) is 24.5 Å². The fourth-order valence-corrected chi connectivity index (χ4v) is 3.56. The Kier molecular flexibility index (Phi) is 5.82. The number of carbonyl (C=O) groups is 1. The summed E-state index contributed by atoms with van der Waals surface area (Å²) in [4.78, 5) is 10.6. The van der Waals surface area contributed by atoms with Gasteiger partial charge in [0.05, 0.1) is 5.56 Å². The maximum atomic E-state index is 12.8. The summed E-state index contributed by atoms with van der Waals surface area (Å²) >= 11 is 0. The van der Waals surface area contributed by atoms with Crippen LogP contribution in [-0.2, 0) is 24.6 Å². The average molecular weight is 381 g/mol. The number of ether oxygens (including phenoxy) is 1. The van der Waals surface area contributed by atoms with Crippen molar-refractivity contribution in [3.63, 3.8) is 0 Å². The van der Waals surface area contributed by atoms with E-state index in [0.29, 0.717) is 18.2 Å². The van der Waals surface area contributed by atoms with Crippen molar-refractivity contribution in [3.05, 3.63) is 41.5 Å². The lowest BCUT2D eigenvalue weighted by molar-refractivity contribution is -0.137. The molecular weight excluding hydrogens is 359 g/mol. The first-order chi connectivity index (χ1) is 12.9. The van der Waals surface area contributed by atoms with E-state index in [9.17, 15) is 18.0 Å². The first-order valence-corrected chi connectivity index (χ1v) is 9.00. The molecule has 1 saturated carbocycles. The average Bonchev–Trinajstić information content (AvgIpc) is 3.01. The zero-order valence-corrected chi connectivity index (χ0v) is 15.1. The number of nitrogens with zero attached hydrogens (tertiary/aromatic N) is 3. The number of aldehydes is 1. The lowest BCUT2D eigenvalue weighted by Crippen LogP contribution is -2.17. The van der Waals surface area contributed by atoms with Crippen LogP contribution in [0.25, 0.3) is 0 Å². The van der Waals surface area contributed by atoms with E-state index in [4.69, 9.17) is 4.74 Å². The van der Waals surface area contributed by atoms with Crippen molar-refractivity contribution >= 4 is 6.29 Å². The van der Waals surface area contributed by atoms with Crippen molar-refractivity contribution < 1.29 is 22.7 Å². The minimum absolute atomic E-state index is 0.0469. The molecule has 1 aliphatic carbocycles. The number of hydrogen-bond donors (Lipinski definition) is 0. The summed E-state index contributed by atoms with van der Waals surface area (Å²) in [7, 11) is 1.84. The molecule has 0 unspecified atom stereocenters. The van der Waals surface area contributed by atoms with Crippen LogP contribution in [0.2, 0.25) is 0 Å². The number of hydrogen-bond acceptors (Lipinski definition) is 4. The minimum Gasteiger partial charge on any atom is -0.486 e. The molecule has 0 saturated heterocycles. The second-order valence-electron chi connectivity index (χ2n) is 6.97. The summed E-state index contributed by atoms with van der Waals surface area (Å²) in [5, 5.41) is 8.41. The summed E-state index contributed by atoms with van der Waals surface area (Å²) in [5.74, 6) is 2.31. The molecule has 5 nitrogen and oxygen atoms in total. The molecule has 27 heavy (non-hydrogen) atoms. The zero-order valence-electron chi connectivity index (χ0n) is 15.1. The van der Waals surface area contributed by atoms with Crippen LogP contribution in [0.15, 0.2) is 24.3 Å². The Hall–Kier alpha value is -2.38. The van der Waals surface area contributed by atoms with Gasteiger partial charge in [0.25, 0.3) is 0 Å². The van der Waals surface area contributed by atoms with E-state index in [1.54, 1.807) is 0 Å². The minimum atomic E-state index is -4.40. The van der Waals surface area contributed by atoms with Crippen LogP contribution in [0.4, 0.5) is 13.2 Å². The Morgan fingerprint density at radius 3 is 2.63 bits per heavy atom. The number of benzene rings is 1. The number of rotatable bonds is 6.